The van der Waals surface area contributed by atoms with Crippen LogP contribution >= 0.6 is 0 Å². The van der Waals surface area contributed by atoms with Gasteiger partial charge < -0.3 is 20.6 Å². The van der Waals surface area contributed by atoms with Crippen LogP contribution in [0.15, 0.2) is 48.5 Å². The number of benzene rings is 2. The van der Waals surface area contributed by atoms with E-state index in [-0.39, 0.29) is 30.4 Å². The van der Waals surface area contributed by atoms with Gasteiger partial charge in [-0.1, -0.05) is 24.3 Å². The first kappa shape index (κ1) is 19.2. The molecule has 144 valence electrons. The number of amides is 1. The maximum Gasteiger partial charge on any atom is 0.239 e. The second-order valence-electron chi connectivity index (χ2n) is 6.93. The zero-order valence-electron chi connectivity index (χ0n) is 15.5. The first-order valence-corrected chi connectivity index (χ1v) is 9.33. The van der Waals surface area contributed by atoms with Gasteiger partial charge in [-0.3, -0.25) is 4.79 Å². The number of aliphatic hydroxyl groups excluding tert-OH is 1. The number of piperidine rings is 1. The summed E-state index contributed by atoms with van der Waals surface area (Å²) in [6.45, 7) is 3.62. The van der Waals surface area contributed by atoms with Gasteiger partial charge in [0.1, 0.15) is 5.82 Å². The lowest BCUT2D eigenvalue weighted by molar-refractivity contribution is -0.120. The summed E-state index contributed by atoms with van der Waals surface area (Å²) in [4.78, 5) is 14.5. The fourth-order valence-corrected chi connectivity index (χ4v) is 3.31. The highest BCUT2D eigenvalue weighted by Gasteiger charge is 2.19. The van der Waals surface area contributed by atoms with Crippen LogP contribution in [0.4, 0.5) is 15.8 Å². The molecular weight excluding hydrogens is 345 g/mol. The van der Waals surface area contributed by atoms with Gasteiger partial charge in [0.05, 0.1) is 30.1 Å². The molecule has 1 saturated heterocycles. The number of hydrogen-bond donors (Lipinski definition) is 3. The molecule has 0 aromatic heterocycles. The van der Waals surface area contributed by atoms with Crippen molar-refractivity contribution in [3.8, 4) is 0 Å². The smallest absolute Gasteiger partial charge is 0.239 e. The molecule has 3 rings (SSSR count). The number of nitrogens with one attached hydrogen (secondary N) is 2. The number of aliphatic hydroxyl groups is 1. The molecule has 0 spiro atoms. The number of para-hydroxylation sites is 2. The lowest BCUT2D eigenvalue weighted by Gasteiger charge is -2.33. The molecule has 0 unspecified atom stereocenters. The van der Waals surface area contributed by atoms with Crippen molar-refractivity contribution in [3.05, 3.63) is 59.9 Å². The minimum absolute atomic E-state index is 0.129. The summed E-state index contributed by atoms with van der Waals surface area (Å²) in [6, 6.07) is 13.8. The molecule has 1 amide bonds. The Morgan fingerprint density at radius 2 is 1.85 bits per heavy atom. The van der Waals surface area contributed by atoms with E-state index in [9.17, 15) is 14.3 Å². The number of hydrogen-bond acceptors (Lipinski definition) is 4. The molecule has 27 heavy (non-hydrogen) atoms. The van der Waals surface area contributed by atoms with Crippen molar-refractivity contribution in [2.75, 3.05) is 29.9 Å². The van der Waals surface area contributed by atoms with E-state index in [0.29, 0.717) is 0 Å². The third kappa shape index (κ3) is 5.20. The van der Waals surface area contributed by atoms with Gasteiger partial charge in [0.2, 0.25) is 5.91 Å². The maximum atomic E-state index is 13.0. The molecule has 5 nitrogen and oxygen atoms in total. The first-order valence-electron chi connectivity index (χ1n) is 9.33. The zero-order valence-corrected chi connectivity index (χ0v) is 15.5. The largest absolute Gasteiger partial charge is 0.393 e. The highest BCUT2D eigenvalue weighted by molar-refractivity contribution is 5.83. The number of rotatable bonds is 6. The second-order valence-corrected chi connectivity index (χ2v) is 6.93. The van der Waals surface area contributed by atoms with Crippen LogP contribution in [-0.4, -0.2) is 36.8 Å². The minimum atomic E-state index is -0.291. The van der Waals surface area contributed by atoms with Crippen LogP contribution < -0.4 is 15.5 Å². The Morgan fingerprint density at radius 3 is 2.56 bits per heavy atom. The van der Waals surface area contributed by atoms with Crippen molar-refractivity contribution in [2.24, 2.45) is 0 Å². The van der Waals surface area contributed by atoms with E-state index in [4.69, 9.17) is 0 Å². The molecule has 0 bridgehead atoms. The normalized spacial score (nSPS) is 16.0. The molecule has 0 radical (unpaired) electrons. The topological polar surface area (TPSA) is 64.6 Å². The van der Waals surface area contributed by atoms with Crippen LogP contribution in [0.2, 0.25) is 0 Å². The lowest BCUT2D eigenvalue weighted by Crippen LogP contribution is -2.36. The number of anilines is 2. The summed E-state index contributed by atoms with van der Waals surface area (Å²) in [7, 11) is 0. The summed E-state index contributed by atoms with van der Waals surface area (Å²) < 4.78 is 13.0. The SMILES string of the molecule is C[C@H](NC(=O)CNc1ccccc1N1CCC(O)CC1)c1ccc(F)cc1. The highest BCUT2D eigenvalue weighted by atomic mass is 19.1. The number of carbonyl (C=O) groups is 1. The van der Waals surface area contributed by atoms with E-state index in [2.05, 4.69) is 15.5 Å². The molecule has 3 N–H and O–H groups in total. The predicted molar refractivity (Wildman–Crippen MR) is 105 cm³/mol. The van der Waals surface area contributed by atoms with Gasteiger partial charge in [0, 0.05) is 13.1 Å². The van der Waals surface area contributed by atoms with Crippen molar-refractivity contribution in [2.45, 2.75) is 31.9 Å². The third-order valence-electron chi connectivity index (χ3n) is 4.90. The van der Waals surface area contributed by atoms with Gasteiger partial charge in [0.15, 0.2) is 0 Å². The van der Waals surface area contributed by atoms with E-state index in [1.165, 1.54) is 12.1 Å². The lowest BCUT2D eigenvalue weighted by atomic mass is 10.1. The predicted octanol–water partition coefficient (Wildman–Crippen LogP) is 3.08. The molecule has 1 heterocycles. The van der Waals surface area contributed by atoms with E-state index in [1.54, 1.807) is 12.1 Å². The van der Waals surface area contributed by atoms with Crippen molar-refractivity contribution < 1.29 is 14.3 Å². The van der Waals surface area contributed by atoms with Crippen LogP contribution in [0.5, 0.6) is 0 Å². The fourth-order valence-electron chi connectivity index (χ4n) is 3.31. The number of halogens is 1. The van der Waals surface area contributed by atoms with Gasteiger partial charge >= 0.3 is 0 Å². The minimum Gasteiger partial charge on any atom is -0.393 e. The molecule has 1 fully saturated rings. The van der Waals surface area contributed by atoms with Gasteiger partial charge in [-0.25, -0.2) is 4.39 Å². The van der Waals surface area contributed by atoms with Gasteiger partial charge in [-0.05, 0) is 49.6 Å². The standard InChI is InChI=1S/C21H26FN3O2/c1-15(16-6-8-17(22)9-7-16)24-21(27)14-23-19-4-2-3-5-20(19)25-12-10-18(26)11-13-25/h2-9,15,18,23,26H,10-14H2,1H3,(H,24,27)/t15-/m0/s1. The van der Waals surface area contributed by atoms with Gasteiger partial charge in [-0.15, -0.1) is 0 Å². The van der Waals surface area contributed by atoms with Gasteiger partial charge in [-0.2, -0.15) is 0 Å². The molecule has 1 atom stereocenters. The molecule has 2 aromatic carbocycles. The summed E-state index contributed by atoms with van der Waals surface area (Å²) >= 11 is 0. The van der Waals surface area contributed by atoms with Crippen molar-refractivity contribution in [1.82, 2.24) is 5.32 Å². The second kappa shape index (κ2) is 8.86. The van der Waals surface area contributed by atoms with Crippen LogP contribution in [0.25, 0.3) is 0 Å². The Labute approximate surface area is 159 Å². The van der Waals surface area contributed by atoms with Crippen LogP contribution in [0.3, 0.4) is 0 Å². The fraction of sp³-hybridized carbons (Fsp3) is 0.381. The molecule has 0 aliphatic carbocycles. The third-order valence-corrected chi connectivity index (χ3v) is 4.90. The summed E-state index contributed by atoms with van der Waals surface area (Å²) in [5, 5.41) is 15.8. The average molecular weight is 371 g/mol. The van der Waals surface area contributed by atoms with E-state index in [0.717, 1.165) is 42.9 Å². The molecule has 2 aromatic rings. The van der Waals surface area contributed by atoms with Crippen molar-refractivity contribution >= 4 is 17.3 Å². The molecule has 1 aliphatic rings. The zero-order chi connectivity index (χ0) is 19.2. The Morgan fingerprint density at radius 1 is 1.19 bits per heavy atom. The average Bonchev–Trinajstić information content (AvgIpc) is 2.68. The quantitative estimate of drug-likeness (QED) is 0.730. The Hall–Kier alpha value is -2.60. The van der Waals surface area contributed by atoms with Crippen molar-refractivity contribution in [1.29, 1.82) is 0 Å². The van der Waals surface area contributed by atoms with Crippen LogP contribution in [0.1, 0.15) is 31.4 Å². The Bertz CT molecular complexity index is 758. The van der Waals surface area contributed by atoms with Crippen LogP contribution in [-0.2, 0) is 4.79 Å². The molecule has 1 aliphatic heterocycles. The summed E-state index contributed by atoms with van der Waals surface area (Å²) in [6.07, 6.45) is 1.29. The Kier molecular flexibility index (Phi) is 6.29. The first-order chi connectivity index (χ1) is 13.0. The van der Waals surface area contributed by atoms with Crippen LogP contribution in [0, 0.1) is 5.82 Å². The maximum absolute atomic E-state index is 13.0. The monoisotopic (exact) mass is 371 g/mol. The highest BCUT2D eigenvalue weighted by Crippen LogP contribution is 2.28. The van der Waals surface area contributed by atoms with Gasteiger partial charge in [0.25, 0.3) is 0 Å². The Balaban J connectivity index is 1.56. The van der Waals surface area contributed by atoms with Crippen molar-refractivity contribution in [3.63, 3.8) is 0 Å². The summed E-state index contributed by atoms with van der Waals surface area (Å²) in [5.74, 6) is -0.420. The molecule has 6 heteroatoms. The van der Waals surface area contributed by atoms with E-state index >= 15 is 0 Å². The van der Waals surface area contributed by atoms with E-state index < -0.39 is 0 Å². The molecular formula is C21H26FN3O2. The number of carbonyl (C=O) groups excluding carboxylic acids is 1. The van der Waals surface area contributed by atoms with E-state index in [1.807, 2.05) is 31.2 Å². The molecule has 0 saturated carbocycles. The number of nitrogens with zero attached hydrogens (tertiary/aromatic N) is 1. The summed E-state index contributed by atoms with van der Waals surface area (Å²) in [5.41, 5.74) is 2.80.